The molecule has 2 rings (SSSR count). The van der Waals surface area contributed by atoms with Gasteiger partial charge in [-0.05, 0) is 44.6 Å². The van der Waals surface area contributed by atoms with Crippen molar-refractivity contribution in [3.63, 3.8) is 0 Å². The zero-order valence-corrected chi connectivity index (χ0v) is 11.4. The predicted molar refractivity (Wildman–Crippen MR) is 73.4 cm³/mol. The van der Waals surface area contributed by atoms with Gasteiger partial charge in [-0.15, -0.1) is 0 Å². The zero-order chi connectivity index (χ0) is 14.0. The summed E-state index contributed by atoms with van der Waals surface area (Å²) >= 11 is 0. The summed E-state index contributed by atoms with van der Waals surface area (Å²) in [6.45, 7) is 1.92. The molecule has 0 bridgehead atoms. The van der Waals surface area contributed by atoms with E-state index in [-0.39, 0.29) is 17.6 Å². The molecular weight excluding hydrogens is 245 g/mol. The quantitative estimate of drug-likeness (QED) is 0.826. The zero-order valence-electron chi connectivity index (χ0n) is 11.4. The Morgan fingerprint density at radius 3 is 2.84 bits per heavy atom. The molecule has 0 aromatic heterocycles. The molecule has 19 heavy (non-hydrogen) atoms. The van der Waals surface area contributed by atoms with Crippen LogP contribution in [0.5, 0.6) is 0 Å². The second-order valence-corrected chi connectivity index (χ2v) is 5.25. The van der Waals surface area contributed by atoms with Crippen LogP contribution in [-0.4, -0.2) is 48.9 Å². The van der Waals surface area contributed by atoms with Crippen LogP contribution in [0.15, 0.2) is 18.2 Å². The molecular formula is C14H20FN3O. The average molecular weight is 265 g/mol. The number of carbonyl (C=O) groups excluding carboxylic acids is 1. The van der Waals surface area contributed by atoms with Crippen molar-refractivity contribution < 1.29 is 9.18 Å². The van der Waals surface area contributed by atoms with Gasteiger partial charge >= 0.3 is 0 Å². The minimum absolute atomic E-state index is 0.175. The topological polar surface area (TPSA) is 49.6 Å². The van der Waals surface area contributed by atoms with Crippen LogP contribution in [-0.2, 0) is 0 Å². The lowest BCUT2D eigenvalue weighted by Crippen LogP contribution is -2.47. The number of piperidine rings is 1. The third-order valence-electron chi connectivity index (χ3n) is 3.63. The van der Waals surface area contributed by atoms with Gasteiger partial charge in [0.05, 0.1) is 0 Å². The summed E-state index contributed by atoms with van der Waals surface area (Å²) in [5.74, 6) is -0.649. The summed E-state index contributed by atoms with van der Waals surface area (Å²) in [6, 6.07) is 4.15. The van der Waals surface area contributed by atoms with E-state index >= 15 is 0 Å². The van der Waals surface area contributed by atoms with Crippen molar-refractivity contribution in [3.8, 4) is 0 Å². The van der Waals surface area contributed by atoms with E-state index in [4.69, 9.17) is 5.73 Å². The second kappa shape index (κ2) is 5.57. The van der Waals surface area contributed by atoms with E-state index < -0.39 is 5.82 Å². The molecule has 1 fully saturated rings. The van der Waals surface area contributed by atoms with E-state index in [1.165, 1.54) is 18.2 Å². The minimum Gasteiger partial charge on any atom is -0.399 e. The SMILES string of the molecule is CN1CCCC(N(C)C(=O)c2cc(N)cc(F)c2)C1. The van der Waals surface area contributed by atoms with Crippen LogP contribution < -0.4 is 5.73 Å². The van der Waals surface area contributed by atoms with Crippen molar-refractivity contribution >= 4 is 11.6 Å². The number of rotatable bonds is 2. The summed E-state index contributed by atoms with van der Waals surface area (Å²) in [4.78, 5) is 16.2. The van der Waals surface area contributed by atoms with Gasteiger partial charge < -0.3 is 15.5 Å². The average Bonchev–Trinajstić information content (AvgIpc) is 2.36. The van der Waals surface area contributed by atoms with Crippen LogP contribution in [0.4, 0.5) is 10.1 Å². The summed E-state index contributed by atoms with van der Waals surface area (Å²) in [6.07, 6.45) is 2.06. The number of nitrogen functional groups attached to an aromatic ring is 1. The molecule has 1 atom stereocenters. The largest absolute Gasteiger partial charge is 0.399 e. The van der Waals surface area contributed by atoms with E-state index in [1.807, 2.05) is 7.05 Å². The molecule has 1 saturated heterocycles. The van der Waals surface area contributed by atoms with Crippen molar-refractivity contribution in [1.29, 1.82) is 0 Å². The lowest BCUT2D eigenvalue weighted by Gasteiger charge is -2.35. The lowest BCUT2D eigenvalue weighted by molar-refractivity contribution is 0.0643. The molecule has 5 heteroatoms. The smallest absolute Gasteiger partial charge is 0.254 e. The Kier molecular flexibility index (Phi) is 4.04. The molecule has 2 N–H and O–H groups in total. The van der Waals surface area contributed by atoms with Crippen molar-refractivity contribution in [2.75, 3.05) is 32.9 Å². The highest BCUT2D eigenvalue weighted by molar-refractivity contribution is 5.95. The Balaban J connectivity index is 2.13. The van der Waals surface area contributed by atoms with Gasteiger partial charge in [0.15, 0.2) is 0 Å². The normalized spacial score (nSPS) is 20.3. The summed E-state index contributed by atoms with van der Waals surface area (Å²) in [5.41, 5.74) is 6.17. The number of likely N-dealkylation sites (N-methyl/N-ethyl adjacent to an activating group) is 2. The number of hydrogen-bond acceptors (Lipinski definition) is 3. The Bertz CT molecular complexity index is 458. The highest BCUT2D eigenvalue weighted by atomic mass is 19.1. The first kappa shape index (κ1) is 13.8. The van der Waals surface area contributed by atoms with Crippen molar-refractivity contribution in [2.45, 2.75) is 18.9 Å². The Morgan fingerprint density at radius 2 is 2.21 bits per heavy atom. The van der Waals surface area contributed by atoms with Crippen LogP contribution in [0.25, 0.3) is 0 Å². The van der Waals surface area contributed by atoms with Gasteiger partial charge in [0, 0.05) is 30.9 Å². The third kappa shape index (κ3) is 3.23. The number of anilines is 1. The molecule has 0 radical (unpaired) electrons. The first-order valence-electron chi connectivity index (χ1n) is 6.49. The van der Waals surface area contributed by atoms with E-state index in [0.29, 0.717) is 5.56 Å². The molecule has 1 unspecified atom stereocenters. The van der Waals surface area contributed by atoms with Gasteiger partial charge in [-0.25, -0.2) is 4.39 Å². The van der Waals surface area contributed by atoms with Crippen molar-refractivity contribution in [1.82, 2.24) is 9.80 Å². The standard InChI is InChI=1S/C14H20FN3O/c1-17-5-3-4-13(9-17)18(2)14(19)10-6-11(15)8-12(16)7-10/h6-8,13H,3-5,9,16H2,1-2H3. The van der Waals surface area contributed by atoms with Gasteiger partial charge in [-0.3, -0.25) is 4.79 Å². The monoisotopic (exact) mass is 265 g/mol. The fraction of sp³-hybridized carbons (Fsp3) is 0.500. The maximum atomic E-state index is 13.3. The van der Waals surface area contributed by atoms with E-state index in [9.17, 15) is 9.18 Å². The Labute approximate surface area is 113 Å². The van der Waals surface area contributed by atoms with E-state index in [1.54, 1.807) is 11.9 Å². The fourth-order valence-electron chi connectivity index (χ4n) is 2.56. The molecule has 104 valence electrons. The summed E-state index contributed by atoms with van der Waals surface area (Å²) in [5, 5.41) is 0. The number of amides is 1. The van der Waals surface area contributed by atoms with Gasteiger partial charge in [0.25, 0.3) is 5.91 Å². The van der Waals surface area contributed by atoms with Gasteiger partial charge in [0.2, 0.25) is 0 Å². The Morgan fingerprint density at radius 1 is 1.47 bits per heavy atom. The van der Waals surface area contributed by atoms with Crippen LogP contribution in [0.3, 0.4) is 0 Å². The molecule has 1 aromatic carbocycles. The van der Waals surface area contributed by atoms with E-state index in [2.05, 4.69) is 4.90 Å². The van der Waals surface area contributed by atoms with Crippen LogP contribution in [0, 0.1) is 5.82 Å². The first-order valence-corrected chi connectivity index (χ1v) is 6.49. The van der Waals surface area contributed by atoms with Crippen molar-refractivity contribution in [3.05, 3.63) is 29.6 Å². The maximum absolute atomic E-state index is 13.3. The predicted octanol–water partition coefficient (Wildman–Crippen LogP) is 1.57. The highest BCUT2D eigenvalue weighted by Gasteiger charge is 2.25. The summed E-state index contributed by atoms with van der Waals surface area (Å²) in [7, 11) is 3.82. The van der Waals surface area contributed by atoms with Gasteiger partial charge in [-0.2, -0.15) is 0 Å². The van der Waals surface area contributed by atoms with Crippen LogP contribution in [0.1, 0.15) is 23.2 Å². The molecule has 1 amide bonds. The maximum Gasteiger partial charge on any atom is 0.254 e. The van der Waals surface area contributed by atoms with Crippen molar-refractivity contribution in [2.24, 2.45) is 0 Å². The van der Waals surface area contributed by atoms with Crippen LogP contribution in [0.2, 0.25) is 0 Å². The molecule has 0 saturated carbocycles. The Hall–Kier alpha value is -1.62. The fourth-order valence-corrected chi connectivity index (χ4v) is 2.56. The molecule has 0 aliphatic carbocycles. The highest BCUT2D eigenvalue weighted by Crippen LogP contribution is 2.18. The number of benzene rings is 1. The lowest BCUT2D eigenvalue weighted by atomic mass is 10.0. The summed E-state index contributed by atoms with van der Waals surface area (Å²) < 4.78 is 13.3. The molecule has 4 nitrogen and oxygen atoms in total. The molecule has 1 aliphatic rings. The molecule has 1 heterocycles. The van der Waals surface area contributed by atoms with E-state index in [0.717, 1.165) is 25.9 Å². The second-order valence-electron chi connectivity index (χ2n) is 5.25. The molecule has 1 aromatic rings. The van der Waals surface area contributed by atoms with Crippen LogP contribution >= 0.6 is 0 Å². The third-order valence-corrected chi connectivity index (χ3v) is 3.63. The number of likely N-dealkylation sites (tertiary alicyclic amines) is 1. The van der Waals surface area contributed by atoms with Gasteiger partial charge in [0.1, 0.15) is 5.82 Å². The molecule has 1 aliphatic heterocycles. The molecule has 0 spiro atoms. The number of nitrogens with two attached hydrogens (primary N) is 1. The number of halogens is 1. The number of hydrogen-bond donors (Lipinski definition) is 1. The number of carbonyl (C=O) groups is 1. The van der Waals surface area contributed by atoms with Gasteiger partial charge in [-0.1, -0.05) is 0 Å². The minimum atomic E-state index is -0.475. The first-order chi connectivity index (χ1) is 8.97. The number of nitrogens with zero attached hydrogens (tertiary/aromatic N) is 2.